The third-order valence-electron chi connectivity index (χ3n) is 4.74. The van der Waals surface area contributed by atoms with Crippen LogP contribution in [-0.2, 0) is 6.61 Å². The number of benzene rings is 2. The van der Waals surface area contributed by atoms with E-state index in [4.69, 9.17) is 4.74 Å². The molecular formula is C22H30Cl2N2O2. The Morgan fingerprint density at radius 2 is 1.82 bits per heavy atom. The Bertz CT molecular complexity index is 735. The van der Waals surface area contributed by atoms with E-state index in [2.05, 4.69) is 16.8 Å². The van der Waals surface area contributed by atoms with E-state index in [9.17, 15) is 5.11 Å². The molecule has 6 heteroatoms. The van der Waals surface area contributed by atoms with Crippen molar-refractivity contribution in [3.05, 3.63) is 71.8 Å². The minimum Gasteiger partial charge on any atom is -0.507 e. The fourth-order valence-corrected chi connectivity index (χ4v) is 3.40. The summed E-state index contributed by atoms with van der Waals surface area (Å²) in [6.07, 6.45) is 0.845. The molecule has 28 heavy (non-hydrogen) atoms. The highest BCUT2D eigenvalue weighted by molar-refractivity contribution is 5.85. The number of phenols is 1. The summed E-state index contributed by atoms with van der Waals surface area (Å²) in [5.41, 5.74) is 3.18. The standard InChI is InChI=1S/C22H28N2O2.2ClH/c1-17(2)14-21(24-12-10-23-11-13-24)20-9-8-19(15-22(20)25)26-16-18-6-4-3-5-7-18;;/h3-9,15,21,23,25H,1,10-14,16H2,2H3;2*1H/t21-;;/m0../s1. The van der Waals surface area contributed by atoms with Crippen molar-refractivity contribution in [2.24, 2.45) is 0 Å². The van der Waals surface area contributed by atoms with Gasteiger partial charge < -0.3 is 15.2 Å². The maximum absolute atomic E-state index is 10.7. The van der Waals surface area contributed by atoms with Crippen LogP contribution in [0.15, 0.2) is 60.7 Å². The highest BCUT2D eigenvalue weighted by atomic mass is 35.5. The first-order valence-electron chi connectivity index (χ1n) is 9.22. The molecule has 1 saturated heterocycles. The van der Waals surface area contributed by atoms with Crippen molar-refractivity contribution in [1.82, 2.24) is 10.2 Å². The zero-order valence-electron chi connectivity index (χ0n) is 16.3. The van der Waals surface area contributed by atoms with Crippen LogP contribution in [0.3, 0.4) is 0 Å². The van der Waals surface area contributed by atoms with Crippen LogP contribution in [0.1, 0.15) is 30.5 Å². The van der Waals surface area contributed by atoms with Crippen molar-refractivity contribution in [2.45, 2.75) is 26.0 Å². The third kappa shape index (κ3) is 6.71. The van der Waals surface area contributed by atoms with Gasteiger partial charge in [0.1, 0.15) is 18.1 Å². The molecule has 3 rings (SSSR count). The summed E-state index contributed by atoms with van der Waals surface area (Å²) in [6.45, 7) is 10.5. The van der Waals surface area contributed by atoms with Gasteiger partial charge >= 0.3 is 0 Å². The van der Waals surface area contributed by atoms with E-state index in [1.165, 1.54) is 0 Å². The number of hydrogen-bond acceptors (Lipinski definition) is 4. The molecule has 1 heterocycles. The molecule has 2 aromatic carbocycles. The quantitative estimate of drug-likeness (QED) is 0.630. The number of aromatic hydroxyl groups is 1. The highest BCUT2D eigenvalue weighted by Crippen LogP contribution is 2.35. The molecule has 0 unspecified atom stereocenters. The van der Waals surface area contributed by atoms with Gasteiger partial charge in [-0.25, -0.2) is 0 Å². The second-order valence-corrected chi connectivity index (χ2v) is 6.96. The Balaban J connectivity index is 0.00000196. The van der Waals surface area contributed by atoms with E-state index in [1.54, 1.807) is 6.07 Å². The summed E-state index contributed by atoms with van der Waals surface area (Å²) in [7, 11) is 0. The molecule has 0 bridgehead atoms. The van der Waals surface area contributed by atoms with E-state index in [-0.39, 0.29) is 30.9 Å². The number of nitrogens with zero attached hydrogens (tertiary/aromatic N) is 1. The van der Waals surface area contributed by atoms with Gasteiger partial charge in [0.05, 0.1) is 0 Å². The average molecular weight is 425 g/mol. The molecule has 1 aliphatic rings. The van der Waals surface area contributed by atoms with Crippen molar-refractivity contribution in [3.8, 4) is 11.5 Å². The fourth-order valence-electron chi connectivity index (χ4n) is 3.40. The predicted octanol–water partition coefficient (Wildman–Crippen LogP) is 4.73. The molecule has 0 spiro atoms. The first-order chi connectivity index (χ1) is 12.6. The van der Waals surface area contributed by atoms with E-state index in [0.29, 0.717) is 18.1 Å². The normalized spacial score (nSPS) is 15.0. The van der Waals surface area contributed by atoms with Gasteiger partial charge in [-0.1, -0.05) is 42.0 Å². The number of ether oxygens (including phenoxy) is 1. The van der Waals surface area contributed by atoms with Crippen molar-refractivity contribution in [1.29, 1.82) is 0 Å². The molecular weight excluding hydrogens is 395 g/mol. The molecule has 2 N–H and O–H groups in total. The second kappa shape index (κ2) is 12.0. The maximum Gasteiger partial charge on any atom is 0.124 e. The minimum atomic E-state index is 0. The minimum absolute atomic E-state index is 0. The summed E-state index contributed by atoms with van der Waals surface area (Å²) >= 11 is 0. The van der Waals surface area contributed by atoms with Crippen molar-refractivity contribution < 1.29 is 9.84 Å². The van der Waals surface area contributed by atoms with Gasteiger partial charge in [-0.05, 0) is 25.0 Å². The lowest BCUT2D eigenvalue weighted by molar-refractivity contribution is 0.169. The Morgan fingerprint density at radius 3 is 2.43 bits per heavy atom. The lowest BCUT2D eigenvalue weighted by Gasteiger charge is -2.35. The van der Waals surface area contributed by atoms with E-state index < -0.39 is 0 Å². The Labute approximate surface area is 180 Å². The molecule has 0 saturated carbocycles. The maximum atomic E-state index is 10.7. The lowest BCUT2D eigenvalue weighted by Crippen LogP contribution is -2.45. The molecule has 1 fully saturated rings. The predicted molar refractivity (Wildman–Crippen MR) is 120 cm³/mol. The number of piperazine rings is 1. The van der Waals surface area contributed by atoms with Gasteiger partial charge in [0.25, 0.3) is 0 Å². The Kier molecular flexibility index (Phi) is 10.4. The molecule has 0 amide bonds. The number of halogens is 2. The Hall–Kier alpha value is -1.72. The molecule has 4 nitrogen and oxygen atoms in total. The summed E-state index contributed by atoms with van der Waals surface area (Å²) in [6, 6.07) is 15.9. The molecule has 1 atom stereocenters. The van der Waals surface area contributed by atoms with Crippen LogP contribution < -0.4 is 10.1 Å². The van der Waals surface area contributed by atoms with Crippen LogP contribution >= 0.6 is 24.8 Å². The zero-order chi connectivity index (χ0) is 18.4. The molecule has 0 aliphatic carbocycles. The third-order valence-corrected chi connectivity index (χ3v) is 4.74. The van der Waals surface area contributed by atoms with Crippen LogP contribution in [0.4, 0.5) is 0 Å². The first kappa shape index (κ1) is 24.3. The van der Waals surface area contributed by atoms with Crippen LogP contribution in [0.2, 0.25) is 0 Å². The van der Waals surface area contributed by atoms with Crippen molar-refractivity contribution in [3.63, 3.8) is 0 Å². The molecule has 0 radical (unpaired) electrons. The zero-order valence-corrected chi connectivity index (χ0v) is 17.9. The van der Waals surface area contributed by atoms with Gasteiger partial charge in [0.2, 0.25) is 0 Å². The average Bonchev–Trinajstić information content (AvgIpc) is 2.66. The number of rotatable bonds is 7. The SMILES string of the molecule is C=C(C)C[C@@H](c1ccc(OCc2ccccc2)cc1O)N1CCNCC1.Cl.Cl. The lowest BCUT2D eigenvalue weighted by atomic mass is 9.97. The van der Waals surface area contributed by atoms with Gasteiger partial charge in [-0.2, -0.15) is 0 Å². The van der Waals surface area contributed by atoms with Crippen molar-refractivity contribution >= 4 is 24.8 Å². The van der Waals surface area contributed by atoms with Gasteiger partial charge in [0.15, 0.2) is 0 Å². The fraction of sp³-hybridized carbons (Fsp3) is 0.364. The second-order valence-electron chi connectivity index (χ2n) is 6.96. The number of phenolic OH excluding ortho intramolecular Hbond substituents is 1. The van der Waals surface area contributed by atoms with E-state index in [1.807, 2.05) is 49.4 Å². The van der Waals surface area contributed by atoms with Gasteiger partial charge in [-0.3, -0.25) is 4.90 Å². The molecule has 1 aliphatic heterocycles. The topological polar surface area (TPSA) is 44.7 Å². The molecule has 0 aromatic heterocycles. The number of nitrogens with one attached hydrogen (secondary N) is 1. The molecule has 154 valence electrons. The van der Waals surface area contributed by atoms with Crippen LogP contribution in [-0.4, -0.2) is 36.2 Å². The first-order valence-corrected chi connectivity index (χ1v) is 9.22. The summed E-state index contributed by atoms with van der Waals surface area (Å²) in [5.74, 6) is 0.977. The van der Waals surface area contributed by atoms with E-state index in [0.717, 1.165) is 49.3 Å². The smallest absolute Gasteiger partial charge is 0.124 e. The van der Waals surface area contributed by atoms with Gasteiger partial charge in [-0.15, -0.1) is 31.4 Å². The monoisotopic (exact) mass is 424 g/mol. The van der Waals surface area contributed by atoms with Crippen molar-refractivity contribution in [2.75, 3.05) is 26.2 Å². The Morgan fingerprint density at radius 1 is 1.14 bits per heavy atom. The van der Waals surface area contributed by atoms with Crippen LogP contribution in [0.25, 0.3) is 0 Å². The summed E-state index contributed by atoms with van der Waals surface area (Å²) in [4.78, 5) is 2.42. The van der Waals surface area contributed by atoms with Gasteiger partial charge in [0, 0.05) is 43.9 Å². The summed E-state index contributed by atoms with van der Waals surface area (Å²) in [5, 5.41) is 14.0. The van der Waals surface area contributed by atoms with Crippen LogP contribution in [0.5, 0.6) is 11.5 Å². The summed E-state index contributed by atoms with van der Waals surface area (Å²) < 4.78 is 5.83. The van der Waals surface area contributed by atoms with E-state index >= 15 is 0 Å². The molecule has 2 aromatic rings. The van der Waals surface area contributed by atoms with Crippen LogP contribution in [0, 0.1) is 0 Å². The largest absolute Gasteiger partial charge is 0.507 e. The highest BCUT2D eigenvalue weighted by Gasteiger charge is 2.24. The number of hydrogen-bond donors (Lipinski definition) is 2.